The van der Waals surface area contributed by atoms with Gasteiger partial charge in [-0.15, -0.1) is 0 Å². The van der Waals surface area contributed by atoms with E-state index in [0.717, 1.165) is 0 Å². The number of esters is 1. The summed E-state index contributed by atoms with van der Waals surface area (Å²) in [5.74, 6) is -0.879. The number of nitrogens with zero attached hydrogens (tertiary/aromatic N) is 1. The Kier molecular flexibility index (Phi) is 9.72. The first kappa shape index (κ1) is 23.9. The number of carbonyl (C=O) groups is 2. The standard InChI is InChI=1S/C17H24BrClN2O5S/c1-4-13(18)17(23)26-10-9-20-16(22)12-7-8-14(19)15(11-12)27(24,25)21(5-2)6-3/h7-8,11,13H,4-6,9-10H2,1-3H3,(H,20,22)/t13-/m1/s1. The fraction of sp³-hybridized carbons (Fsp3) is 0.529. The third-order valence-corrected chi connectivity index (χ3v) is 7.32. The van der Waals surface area contributed by atoms with Crippen LogP contribution in [0.15, 0.2) is 23.1 Å². The molecule has 0 saturated carbocycles. The van der Waals surface area contributed by atoms with Gasteiger partial charge >= 0.3 is 5.97 Å². The Balaban J connectivity index is 2.81. The third kappa shape index (κ3) is 6.44. The van der Waals surface area contributed by atoms with Crippen LogP contribution in [0.3, 0.4) is 0 Å². The number of halogens is 2. The molecule has 0 unspecified atom stereocenters. The lowest BCUT2D eigenvalue weighted by atomic mass is 10.2. The molecule has 1 aromatic carbocycles. The molecule has 10 heteroatoms. The van der Waals surface area contributed by atoms with Crippen molar-refractivity contribution >= 4 is 49.4 Å². The summed E-state index contributed by atoms with van der Waals surface area (Å²) in [4.78, 5) is 23.3. The van der Waals surface area contributed by atoms with E-state index in [-0.39, 0.29) is 33.5 Å². The van der Waals surface area contributed by atoms with Crippen LogP contribution in [0.1, 0.15) is 37.6 Å². The molecule has 152 valence electrons. The SMILES string of the molecule is CC[C@@H](Br)C(=O)OCCNC(=O)c1ccc(Cl)c(S(=O)(=O)N(CC)CC)c1. The molecule has 0 aliphatic carbocycles. The minimum atomic E-state index is -3.79. The minimum absolute atomic E-state index is 0.0187. The zero-order valence-corrected chi connectivity index (χ0v) is 18.7. The Morgan fingerprint density at radius 1 is 1.26 bits per heavy atom. The van der Waals surface area contributed by atoms with Crippen molar-refractivity contribution in [2.75, 3.05) is 26.2 Å². The number of alkyl halides is 1. The molecule has 1 rings (SSSR count). The van der Waals surface area contributed by atoms with E-state index in [1.54, 1.807) is 13.8 Å². The van der Waals surface area contributed by atoms with Crippen molar-refractivity contribution in [1.82, 2.24) is 9.62 Å². The number of hydrogen-bond donors (Lipinski definition) is 1. The van der Waals surface area contributed by atoms with Gasteiger partial charge in [0.25, 0.3) is 5.91 Å². The van der Waals surface area contributed by atoms with Crippen molar-refractivity contribution in [3.63, 3.8) is 0 Å². The van der Waals surface area contributed by atoms with Gasteiger partial charge in [-0.3, -0.25) is 9.59 Å². The molecule has 0 radical (unpaired) electrons. The van der Waals surface area contributed by atoms with Crippen LogP contribution in [0.4, 0.5) is 0 Å². The highest BCUT2D eigenvalue weighted by molar-refractivity contribution is 9.10. The van der Waals surface area contributed by atoms with E-state index >= 15 is 0 Å². The summed E-state index contributed by atoms with van der Waals surface area (Å²) in [6, 6.07) is 4.07. The molecule has 1 aromatic rings. The molecule has 0 aliphatic rings. The second-order valence-electron chi connectivity index (χ2n) is 5.53. The minimum Gasteiger partial charge on any atom is -0.463 e. The summed E-state index contributed by atoms with van der Waals surface area (Å²) in [5, 5.41) is 2.63. The van der Waals surface area contributed by atoms with E-state index in [1.807, 2.05) is 6.92 Å². The maximum absolute atomic E-state index is 12.7. The summed E-state index contributed by atoms with van der Waals surface area (Å²) >= 11 is 9.23. The molecule has 0 spiro atoms. The normalized spacial score (nSPS) is 12.7. The lowest BCUT2D eigenvalue weighted by molar-refractivity contribution is -0.142. The monoisotopic (exact) mass is 482 g/mol. The third-order valence-electron chi connectivity index (χ3n) is 3.76. The Hall–Kier alpha value is -1.16. The Morgan fingerprint density at radius 2 is 1.89 bits per heavy atom. The van der Waals surface area contributed by atoms with Gasteiger partial charge in [0.15, 0.2) is 0 Å². The van der Waals surface area contributed by atoms with E-state index in [9.17, 15) is 18.0 Å². The summed E-state index contributed by atoms with van der Waals surface area (Å²) in [7, 11) is -3.79. The first-order valence-corrected chi connectivity index (χ1v) is 11.3. The average molecular weight is 484 g/mol. The Labute approximate surface area is 173 Å². The highest BCUT2D eigenvalue weighted by Crippen LogP contribution is 2.25. The van der Waals surface area contributed by atoms with Gasteiger partial charge in [-0.1, -0.05) is 48.3 Å². The smallest absolute Gasteiger partial charge is 0.319 e. The predicted molar refractivity (Wildman–Crippen MR) is 108 cm³/mol. The molecule has 1 atom stereocenters. The highest BCUT2D eigenvalue weighted by atomic mass is 79.9. The molecule has 0 bridgehead atoms. The van der Waals surface area contributed by atoms with Gasteiger partial charge in [-0.2, -0.15) is 4.31 Å². The van der Waals surface area contributed by atoms with E-state index in [1.165, 1.54) is 22.5 Å². The number of rotatable bonds is 10. The van der Waals surface area contributed by atoms with E-state index in [4.69, 9.17) is 16.3 Å². The highest BCUT2D eigenvalue weighted by Gasteiger charge is 2.25. The predicted octanol–water partition coefficient (Wildman–Crippen LogP) is 2.82. The van der Waals surface area contributed by atoms with Crippen molar-refractivity contribution in [2.24, 2.45) is 0 Å². The van der Waals surface area contributed by atoms with Crippen LogP contribution in [0.25, 0.3) is 0 Å². The van der Waals surface area contributed by atoms with Crippen LogP contribution in [0.5, 0.6) is 0 Å². The van der Waals surface area contributed by atoms with Crippen molar-refractivity contribution < 1.29 is 22.7 Å². The van der Waals surface area contributed by atoms with Gasteiger partial charge in [0.2, 0.25) is 10.0 Å². The quantitative estimate of drug-likeness (QED) is 0.314. The van der Waals surface area contributed by atoms with Crippen molar-refractivity contribution in [3.05, 3.63) is 28.8 Å². The summed E-state index contributed by atoms with van der Waals surface area (Å²) in [6.07, 6.45) is 0.597. The van der Waals surface area contributed by atoms with Crippen LogP contribution in [-0.2, 0) is 19.6 Å². The molecule has 0 aliphatic heterocycles. The molecule has 27 heavy (non-hydrogen) atoms. The molecule has 0 heterocycles. The van der Waals surface area contributed by atoms with Gasteiger partial charge in [0.1, 0.15) is 16.3 Å². The van der Waals surface area contributed by atoms with Gasteiger partial charge in [0, 0.05) is 18.7 Å². The summed E-state index contributed by atoms with van der Waals surface area (Å²) in [5.41, 5.74) is 0.156. The fourth-order valence-electron chi connectivity index (χ4n) is 2.22. The Morgan fingerprint density at radius 3 is 2.44 bits per heavy atom. The maximum atomic E-state index is 12.7. The van der Waals surface area contributed by atoms with Crippen LogP contribution >= 0.6 is 27.5 Å². The second kappa shape index (κ2) is 11.0. The number of sulfonamides is 1. The number of amides is 1. The maximum Gasteiger partial charge on any atom is 0.319 e. The Bertz CT molecular complexity index is 769. The van der Waals surface area contributed by atoms with E-state index < -0.39 is 21.9 Å². The van der Waals surface area contributed by atoms with Crippen LogP contribution in [0, 0.1) is 0 Å². The first-order valence-electron chi connectivity index (χ1n) is 8.57. The molecule has 1 amide bonds. The second-order valence-corrected chi connectivity index (χ2v) is 8.95. The number of nitrogens with one attached hydrogen (secondary N) is 1. The molecule has 0 fully saturated rings. The fourth-order valence-corrected chi connectivity index (χ4v) is 4.31. The molecular weight excluding hydrogens is 460 g/mol. The van der Waals surface area contributed by atoms with E-state index in [2.05, 4.69) is 21.2 Å². The molecule has 0 aromatic heterocycles. The average Bonchev–Trinajstić information content (AvgIpc) is 2.64. The van der Waals surface area contributed by atoms with Crippen molar-refractivity contribution in [3.8, 4) is 0 Å². The molecule has 1 N–H and O–H groups in total. The van der Waals surface area contributed by atoms with Gasteiger partial charge in [0.05, 0.1) is 11.6 Å². The molecule has 0 saturated heterocycles. The number of benzene rings is 1. The zero-order valence-electron chi connectivity index (χ0n) is 15.5. The first-order chi connectivity index (χ1) is 12.7. The van der Waals surface area contributed by atoms with Crippen LogP contribution in [0.2, 0.25) is 5.02 Å². The topological polar surface area (TPSA) is 92.8 Å². The number of ether oxygens (including phenoxy) is 1. The summed E-state index contributed by atoms with van der Waals surface area (Å²) in [6.45, 7) is 6.00. The number of hydrogen-bond acceptors (Lipinski definition) is 5. The lowest BCUT2D eigenvalue weighted by Crippen LogP contribution is -2.32. The zero-order chi connectivity index (χ0) is 20.6. The lowest BCUT2D eigenvalue weighted by Gasteiger charge is -2.19. The van der Waals surface area contributed by atoms with E-state index in [0.29, 0.717) is 19.5 Å². The van der Waals surface area contributed by atoms with Crippen LogP contribution in [-0.4, -0.2) is 55.7 Å². The molecule has 7 nitrogen and oxygen atoms in total. The summed E-state index contributed by atoms with van der Waals surface area (Å²) < 4.78 is 31.6. The largest absolute Gasteiger partial charge is 0.463 e. The van der Waals surface area contributed by atoms with Crippen LogP contribution < -0.4 is 5.32 Å². The van der Waals surface area contributed by atoms with Gasteiger partial charge in [-0.05, 0) is 24.6 Å². The van der Waals surface area contributed by atoms with Crippen molar-refractivity contribution in [2.45, 2.75) is 36.9 Å². The molecular formula is C17H24BrClN2O5S. The number of carbonyl (C=O) groups excluding carboxylic acids is 2. The van der Waals surface area contributed by atoms with Crippen molar-refractivity contribution in [1.29, 1.82) is 0 Å². The van der Waals surface area contributed by atoms with Gasteiger partial charge < -0.3 is 10.1 Å². The van der Waals surface area contributed by atoms with Gasteiger partial charge in [-0.25, -0.2) is 8.42 Å².